The number of benzene rings is 1. The van der Waals surface area contributed by atoms with Gasteiger partial charge in [0.15, 0.2) is 12.3 Å². The predicted octanol–water partition coefficient (Wildman–Crippen LogP) is 3.28. The third kappa shape index (κ3) is 5.55. The van der Waals surface area contributed by atoms with Gasteiger partial charge < -0.3 is 10.1 Å². The maximum Gasteiger partial charge on any atom is 0.418 e. The Kier molecular flexibility index (Phi) is 6.50. The highest BCUT2D eigenvalue weighted by Gasteiger charge is 2.34. The van der Waals surface area contributed by atoms with Gasteiger partial charge in [0, 0.05) is 6.04 Å². The zero-order chi connectivity index (χ0) is 20.9. The first-order chi connectivity index (χ1) is 13.8. The first-order valence-corrected chi connectivity index (χ1v) is 9.40. The monoisotopic (exact) mass is 410 g/mol. The third-order valence-electron chi connectivity index (χ3n) is 4.71. The zero-order valence-electron chi connectivity index (χ0n) is 15.6. The minimum Gasteiger partial charge on any atom is -0.451 e. The summed E-state index contributed by atoms with van der Waals surface area (Å²) in [5.41, 5.74) is -1.46. The second-order valence-corrected chi connectivity index (χ2v) is 6.90. The lowest BCUT2D eigenvalue weighted by Gasteiger charge is -2.15. The van der Waals surface area contributed by atoms with Crippen LogP contribution in [0, 0.1) is 0 Å². The van der Waals surface area contributed by atoms with Gasteiger partial charge in [-0.2, -0.15) is 13.2 Å². The molecular formula is C19H21F3N4O3. The number of hydrogen-bond acceptors (Lipinski definition) is 5. The van der Waals surface area contributed by atoms with Crippen molar-refractivity contribution in [1.82, 2.24) is 20.3 Å². The Morgan fingerprint density at radius 3 is 2.52 bits per heavy atom. The number of carbonyl (C=O) groups excluding carboxylic acids is 2. The molecule has 0 spiro atoms. The molecule has 1 aromatic carbocycles. The summed E-state index contributed by atoms with van der Waals surface area (Å²) in [6, 6.07) is 4.87. The van der Waals surface area contributed by atoms with Crippen LogP contribution in [0.15, 0.2) is 30.5 Å². The summed E-state index contributed by atoms with van der Waals surface area (Å²) in [6.45, 7) is -0.485. The zero-order valence-corrected chi connectivity index (χ0v) is 15.6. The smallest absolute Gasteiger partial charge is 0.418 e. The molecule has 29 heavy (non-hydrogen) atoms. The quantitative estimate of drug-likeness (QED) is 0.604. The second-order valence-electron chi connectivity index (χ2n) is 6.90. The summed E-state index contributed by atoms with van der Waals surface area (Å²) in [5.74, 6) is -1.35. The lowest BCUT2D eigenvalue weighted by atomic mass is 10.1. The molecule has 0 atom stereocenters. The van der Waals surface area contributed by atoms with Crippen molar-refractivity contribution in [3.8, 4) is 5.69 Å². The van der Waals surface area contributed by atoms with Crippen molar-refractivity contribution in [2.24, 2.45) is 0 Å². The third-order valence-corrected chi connectivity index (χ3v) is 4.71. The van der Waals surface area contributed by atoms with Crippen LogP contribution in [-0.4, -0.2) is 39.5 Å². The van der Waals surface area contributed by atoms with Crippen molar-refractivity contribution in [3.63, 3.8) is 0 Å². The molecule has 2 aromatic rings. The fraction of sp³-hybridized carbons (Fsp3) is 0.474. The van der Waals surface area contributed by atoms with Crippen LogP contribution in [0.5, 0.6) is 0 Å². The molecule has 1 amide bonds. The van der Waals surface area contributed by atoms with Crippen molar-refractivity contribution in [2.75, 3.05) is 6.61 Å². The highest BCUT2D eigenvalue weighted by molar-refractivity contribution is 5.89. The van der Waals surface area contributed by atoms with Crippen molar-refractivity contribution in [2.45, 2.75) is 50.7 Å². The Morgan fingerprint density at radius 2 is 1.83 bits per heavy atom. The van der Waals surface area contributed by atoms with E-state index in [1.165, 1.54) is 18.2 Å². The van der Waals surface area contributed by atoms with Gasteiger partial charge in [0.1, 0.15) is 0 Å². The van der Waals surface area contributed by atoms with Gasteiger partial charge in [0.25, 0.3) is 5.91 Å². The Bertz CT molecular complexity index is 858. The second kappa shape index (κ2) is 9.06. The molecule has 1 fully saturated rings. The van der Waals surface area contributed by atoms with Crippen LogP contribution < -0.4 is 5.32 Å². The molecule has 0 bridgehead atoms. The molecule has 3 rings (SSSR count). The first kappa shape index (κ1) is 20.8. The van der Waals surface area contributed by atoms with Crippen LogP contribution in [0.2, 0.25) is 0 Å². The minimum atomic E-state index is -4.58. The van der Waals surface area contributed by atoms with E-state index in [4.69, 9.17) is 4.74 Å². The number of halogens is 3. The first-order valence-electron chi connectivity index (χ1n) is 9.40. The van der Waals surface area contributed by atoms with Crippen LogP contribution in [0.3, 0.4) is 0 Å². The van der Waals surface area contributed by atoms with Gasteiger partial charge in [-0.25, -0.2) is 9.48 Å². The fourth-order valence-electron chi connectivity index (χ4n) is 3.29. The molecule has 1 heterocycles. The van der Waals surface area contributed by atoms with Crippen LogP contribution in [-0.2, 0) is 15.7 Å². The largest absolute Gasteiger partial charge is 0.451 e. The summed E-state index contributed by atoms with van der Waals surface area (Å²) >= 11 is 0. The molecule has 1 saturated carbocycles. The lowest BCUT2D eigenvalue weighted by Crippen LogP contribution is -2.37. The average Bonchev–Trinajstić information content (AvgIpc) is 3.04. The standard InChI is InChI=1S/C19H21F3N4O3/c20-19(21,22)14-9-5-6-10-16(14)26-11-15(24-25-26)18(28)29-12-17(27)23-13-7-3-1-2-4-8-13/h5-6,9-11,13H,1-4,7-8,12H2,(H,23,27). The van der Waals surface area contributed by atoms with E-state index in [0.717, 1.165) is 55.5 Å². The van der Waals surface area contributed by atoms with Gasteiger partial charge in [0.2, 0.25) is 0 Å². The van der Waals surface area contributed by atoms with Crippen molar-refractivity contribution < 1.29 is 27.5 Å². The van der Waals surface area contributed by atoms with Crippen LogP contribution in [0.1, 0.15) is 54.6 Å². The highest BCUT2D eigenvalue weighted by atomic mass is 19.4. The molecular weight excluding hydrogens is 389 g/mol. The van der Waals surface area contributed by atoms with Crippen LogP contribution in [0.4, 0.5) is 13.2 Å². The molecule has 156 valence electrons. The molecule has 10 heteroatoms. The Hall–Kier alpha value is -2.91. The normalized spacial score (nSPS) is 15.6. The Labute approximate surface area is 165 Å². The topological polar surface area (TPSA) is 86.1 Å². The molecule has 1 aromatic heterocycles. The number of para-hydroxylation sites is 1. The fourth-order valence-corrected chi connectivity index (χ4v) is 3.29. The van der Waals surface area contributed by atoms with E-state index in [-0.39, 0.29) is 17.4 Å². The van der Waals surface area contributed by atoms with Gasteiger partial charge in [0.05, 0.1) is 17.4 Å². The molecule has 1 aliphatic carbocycles. The van der Waals surface area contributed by atoms with Crippen molar-refractivity contribution >= 4 is 11.9 Å². The number of hydrogen-bond donors (Lipinski definition) is 1. The molecule has 0 unspecified atom stereocenters. The number of rotatable bonds is 5. The highest BCUT2D eigenvalue weighted by Crippen LogP contribution is 2.33. The average molecular weight is 410 g/mol. The maximum atomic E-state index is 13.1. The number of aromatic nitrogens is 3. The van der Waals surface area contributed by atoms with Gasteiger partial charge in [-0.15, -0.1) is 5.10 Å². The predicted molar refractivity (Wildman–Crippen MR) is 96.3 cm³/mol. The summed E-state index contributed by atoms with van der Waals surface area (Å²) in [5, 5.41) is 9.98. The van der Waals surface area contributed by atoms with E-state index in [0.29, 0.717) is 0 Å². The van der Waals surface area contributed by atoms with E-state index < -0.39 is 30.2 Å². The molecule has 0 aliphatic heterocycles. The molecule has 7 nitrogen and oxygen atoms in total. The number of alkyl halides is 3. The summed E-state index contributed by atoms with van der Waals surface area (Å²) in [4.78, 5) is 24.1. The number of ether oxygens (including phenoxy) is 1. The van der Waals surface area contributed by atoms with Gasteiger partial charge in [-0.3, -0.25) is 4.79 Å². The van der Waals surface area contributed by atoms with E-state index >= 15 is 0 Å². The van der Waals surface area contributed by atoms with Gasteiger partial charge >= 0.3 is 12.1 Å². The van der Waals surface area contributed by atoms with Crippen LogP contribution in [0.25, 0.3) is 5.69 Å². The molecule has 0 radical (unpaired) electrons. The van der Waals surface area contributed by atoms with Crippen LogP contribution >= 0.6 is 0 Å². The number of carbonyl (C=O) groups is 2. The van der Waals surface area contributed by atoms with Gasteiger partial charge in [-0.1, -0.05) is 43.0 Å². The summed E-state index contributed by atoms with van der Waals surface area (Å²) < 4.78 is 45.2. The lowest BCUT2D eigenvalue weighted by molar-refractivity contribution is -0.137. The molecule has 1 N–H and O–H groups in total. The van der Waals surface area contributed by atoms with Crippen molar-refractivity contribution in [3.05, 3.63) is 41.7 Å². The van der Waals surface area contributed by atoms with E-state index in [2.05, 4.69) is 15.6 Å². The molecule has 0 saturated heterocycles. The van der Waals surface area contributed by atoms with Gasteiger partial charge in [-0.05, 0) is 25.0 Å². The summed E-state index contributed by atoms with van der Waals surface area (Å²) in [7, 11) is 0. The Morgan fingerprint density at radius 1 is 1.14 bits per heavy atom. The maximum absolute atomic E-state index is 13.1. The number of nitrogens with zero attached hydrogens (tertiary/aromatic N) is 3. The van der Waals surface area contributed by atoms with Crippen molar-refractivity contribution in [1.29, 1.82) is 0 Å². The molecule has 1 aliphatic rings. The Balaban J connectivity index is 1.59. The minimum absolute atomic E-state index is 0.0726. The number of esters is 1. The van der Waals surface area contributed by atoms with E-state index in [1.807, 2.05) is 0 Å². The summed E-state index contributed by atoms with van der Waals surface area (Å²) in [6.07, 6.45) is 2.64. The van der Waals surface area contributed by atoms with E-state index in [1.54, 1.807) is 0 Å². The SMILES string of the molecule is O=C(COC(=O)c1cn(-c2ccccc2C(F)(F)F)nn1)NC1CCCCCC1. The number of nitrogens with one attached hydrogen (secondary N) is 1. The number of amides is 1. The van der Waals surface area contributed by atoms with E-state index in [9.17, 15) is 22.8 Å².